The Kier molecular flexibility index (Phi) is 5.67. The number of nitrogens with one attached hydrogen (secondary N) is 1. The van der Waals surface area contributed by atoms with Crippen LogP contribution in [-0.4, -0.2) is 50.1 Å². The predicted molar refractivity (Wildman–Crippen MR) is 110 cm³/mol. The van der Waals surface area contributed by atoms with Gasteiger partial charge in [-0.3, -0.25) is 9.69 Å². The average Bonchev–Trinajstić information content (AvgIpc) is 3.25. The summed E-state index contributed by atoms with van der Waals surface area (Å²) in [4.78, 5) is 33.1. The first-order valence-corrected chi connectivity index (χ1v) is 10.2. The van der Waals surface area contributed by atoms with Gasteiger partial charge < -0.3 is 21.9 Å². The summed E-state index contributed by atoms with van der Waals surface area (Å²) in [6.07, 6.45) is 0.282. The van der Waals surface area contributed by atoms with E-state index >= 15 is 0 Å². The normalized spacial score (nSPS) is 29.0. The summed E-state index contributed by atoms with van der Waals surface area (Å²) < 4.78 is 14.3. The van der Waals surface area contributed by atoms with Crippen molar-refractivity contribution in [1.82, 2.24) is 14.9 Å². The van der Waals surface area contributed by atoms with Crippen LogP contribution in [0.5, 0.6) is 0 Å². The zero-order chi connectivity index (χ0) is 22.3. The van der Waals surface area contributed by atoms with Gasteiger partial charge in [0.1, 0.15) is 0 Å². The molecule has 2 bridgehead atoms. The van der Waals surface area contributed by atoms with Gasteiger partial charge in [0.2, 0.25) is 11.2 Å². The summed E-state index contributed by atoms with van der Waals surface area (Å²) in [5.74, 6) is -2.90. The highest BCUT2D eigenvalue weighted by molar-refractivity contribution is 6.28. The van der Waals surface area contributed by atoms with E-state index in [2.05, 4.69) is 15.3 Å². The van der Waals surface area contributed by atoms with Crippen LogP contribution in [0.2, 0.25) is 5.28 Å². The smallest absolute Gasteiger partial charge is 0.407 e. The van der Waals surface area contributed by atoms with Crippen molar-refractivity contribution in [3.05, 3.63) is 53.2 Å². The van der Waals surface area contributed by atoms with Crippen molar-refractivity contribution in [1.29, 1.82) is 0 Å². The van der Waals surface area contributed by atoms with Crippen LogP contribution in [0.25, 0.3) is 0 Å². The Hall–Kier alpha value is -2.98. The number of hydrogen-bond donors (Lipinski definition) is 4. The molecule has 2 amide bonds. The molecule has 2 saturated carbocycles. The molecule has 2 aliphatic rings. The molecule has 0 saturated heterocycles. The largest absolute Gasteiger partial charge is 0.465 e. The molecule has 1 aromatic heterocycles. The van der Waals surface area contributed by atoms with E-state index < -0.39 is 41.9 Å². The minimum absolute atomic E-state index is 0.138. The lowest BCUT2D eigenvalue weighted by atomic mass is 9.77. The molecular formula is C20H22ClFN6O3. The van der Waals surface area contributed by atoms with Gasteiger partial charge >= 0.3 is 6.09 Å². The van der Waals surface area contributed by atoms with Gasteiger partial charge in [0.15, 0.2) is 11.6 Å². The number of anilines is 1. The van der Waals surface area contributed by atoms with Crippen LogP contribution >= 0.6 is 11.6 Å². The van der Waals surface area contributed by atoms with Gasteiger partial charge in [-0.1, -0.05) is 30.3 Å². The van der Waals surface area contributed by atoms with Gasteiger partial charge in [-0.15, -0.1) is 0 Å². The number of carbonyl (C=O) groups is 2. The van der Waals surface area contributed by atoms with Crippen LogP contribution < -0.4 is 16.8 Å². The van der Waals surface area contributed by atoms with Crippen molar-refractivity contribution in [2.75, 3.05) is 5.32 Å². The van der Waals surface area contributed by atoms with E-state index in [1.54, 1.807) is 0 Å². The van der Waals surface area contributed by atoms with Crippen LogP contribution in [0.1, 0.15) is 12.0 Å². The average molecular weight is 449 g/mol. The topological polar surface area (TPSA) is 147 Å². The Morgan fingerprint density at radius 1 is 1.29 bits per heavy atom. The van der Waals surface area contributed by atoms with Crippen molar-refractivity contribution in [3.8, 4) is 0 Å². The van der Waals surface area contributed by atoms with Crippen LogP contribution in [0.3, 0.4) is 0 Å². The maximum absolute atomic E-state index is 14.3. The van der Waals surface area contributed by atoms with E-state index in [9.17, 15) is 19.1 Å². The lowest BCUT2D eigenvalue weighted by molar-refractivity contribution is -0.124. The Labute approximate surface area is 182 Å². The summed E-state index contributed by atoms with van der Waals surface area (Å²) >= 11 is 5.79. The standard InChI is InChI=1S/C20H22ClFN6O3/c21-19-25-7-12(22)18(27-19)26-15-11-6-10(13(15)17(24)29)14(23)16(11)28(20(30)31)8-9-4-2-1-3-5-9/h1-5,7,10-11,13-16H,6,8,23H2,(H2,24,29)(H,30,31)(H,25,26,27)/t10-,11+,13-,14?,15+,16+/m0/s1. The summed E-state index contributed by atoms with van der Waals surface area (Å²) in [5.41, 5.74) is 12.9. The third-order valence-corrected chi connectivity index (χ3v) is 6.51. The predicted octanol–water partition coefficient (Wildman–Crippen LogP) is 1.68. The molecule has 0 aliphatic heterocycles. The molecule has 11 heteroatoms. The molecule has 1 heterocycles. The van der Waals surface area contributed by atoms with E-state index in [0.29, 0.717) is 6.42 Å². The number of fused-ring (bicyclic) bond motifs is 2. The lowest BCUT2D eigenvalue weighted by Crippen LogP contribution is -2.61. The number of nitrogens with zero attached hydrogens (tertiary/aromatic N) is 3. The first-order valence-electron chi connectivity index (χ1n) is 9.81. The second-order valence-electron chi connectivity index (χ2n) is 7.96. The zero-order valence-corrected chi connectivity index (χ0v) is 17.1. The Morgan fingerprint density at radius 3 is 2.65 bits per heavy atom. The van der Waals surface area contributed by atoms with Gasteiger partial charge in [-0.05, 0) is 29.5 Å². The molecule has 2 fully saturated rings. The minimum Gasteiger partial charge on any atom is -0.465 e. The number of aromatic nitrogens is 2. The molecule has 164 valence electrons. The monoisotopic (exact) mass is 448 g/mol. The van der Waals surface area contributed by atoms with Crippen LogP contribution in [0, 0.1) is 23.6 Å². The summed E-state index contributed by atoms with van der Waals surface area (Å²) in [5, 5.41) is 12.7. The van der Waals surface area contributed by atoms with Gasteiger partial charge in [-0.2, -0.15) is 4.98 Å². The van der Waals surface area contributed by atoms with Crippen molar-refractivity contribution in [2.45, 2.75) is 31.1 Å². The first kappa shape index (κ1) is 21.3. The van der Waals surface area contributed by atoms with Gasteiger partial charge in [-0.25, -0.2) is 14.2 Å². The molecule has 4 rings (SSSR count). The Morgan fingerprint density at radius 2 is 2.00 bits per heavy atom. The number of rotatable bonds is 6. The van der Waals surface area contributed by atoms with Crippen LogP contribution in [0.4, 0.5) is 15.0 Å². The number of amides is 2. The number of halogens is 2. The number of benzene rings is 1. The molecule has 6 N–H and O–H groups in total. The highest BCUT2D eigenvalue weighted by atomic mass is 35.5. The van der Waals surface area contributed by atoms with E-state index in [-0.39, 0.29) is 29.5 Å². The quantitative estimate of drug-likeness (QED) is 0.491. The first-order chi connectivity index (χ1) is 14.8. The van der Waals surface area contributed by atoms with Crippen molar-refractivity contribution >= 4 is 29.4 Å². The highest BCUT2D eigenvalue weighted by Gasteiger charge is 2.61. The number of nitrogens with two attached hydrogens (primary N) is 2. The van der Waals surface area contributed by atoms with Crippen LogP contribution in [0.15, 0.2) is 36.5 Å². The number of carbonyl (C=O) groups excluding carboxylic acids is 1. The molecule has 31 heavy (non-hydrogen) atoms. The fourth-order valence-corrected chi connectivity index (χ4v) is 5.27. The van der Waals surface area contributed by atoms with Gasteiger partial charge in [0.25, 0.3) is 0 Å². The van der Waals surface area contributed by atoms with E-state index in [4.69, 9.17) is 23.1 Å². The second kappa shape index (κ2) is 8.27. The fourth-order valence-electron chi connectivity index (χ4n) is 5.14. The SMILES string of the molecule is NC(=O)[C@@H]1[C@H](Nc2nc(Cl)ncc2F)[C@H]2C[C@@H]1C(N)[C@@H]2N(Cc1ccccc1)C(=O)O. The highest BCUT2D eigenvalue weighted by Crippen LogP contribution is 2.51. The molecule has 2 aliphatic carbocycles. The van der Waals surface area contributed by atoms with Crippen molar-refractivity contribution < 1.29 is 19.1 Å². The van der Waals surface area contributed by atoms with E-state index in [0.717, 1.165) is 11.8 Å². The molecule has 0 spiro atoms. The number of carboxylic acid groups (broad SMARTS) is 1. The molecule has 2 aromatic rings. The molecule has 1 unspecified atom stereocenters. The van der Waals surface area contributed by atoms with E-state index in [1.807, 2.05) is 30.3 Å². The van der Waals surface area contributed by atoms with Gasteiger partial charge in [0.05, 0.1) is 18.2 Å². The van der Waals surface area contributed by atoms with Crippen molar-refractivity contribution in [2.24, 2.45) is 29.2 Å². The van der Waals surface area contributed by atoms with Gasteiger partial charge in [0, 0.05) is 24.5 Å². The summed E-state index contributed by atoms with van der Waals surface area (Å²) in [7, 11) is 0. The molecule has 0 radical (unpaired) electrons. The summed E-state index contributed by atoms with van der Waals surface area (Å²) in [6, 6.07) is 7.33. The molecule has 6 atom stereocenters. The molecule has 1 aromatic carbocycles. The number of hydrogen-bond acceptors (Lipinski definition) is 6. The second-order valence-corrected chi connectivity index (χ2v) is 8.30. The van der Waals surface area contributed by atoms with Crippen molar-refractivity contribution in [3.63, 3.8) is 0 Å². The number of primary amides is 1. The zero-order valence-electron chi connectivity index (χ0n) is 16.4. The lowest BCUT2D eigenvalue weighted by Gasteiger charge is -2.43. The third-order valence-electron chi connectivity index (χ3n) is 6.33. The third kappa shape index (κ3) is 3.88. The maximum atomic E-state index is 14.3. The fraction of sp³-hybridized carbons (Fsp3) is 0.400. The van der Waals surface area contributed by atoms with E-state index in [1.165, 1.54) is 4.90 Å². The Bertz CT molecular complexity index is 996. The Balaban J connectivity index is 1.66. The molecule has 9 nitrogen and oxygen atoms in total. The summed E-state index contributed by atoms with van der Waals surface area (Å²) in [6.45, 7) is 0.138. The van der Waals surface area contributed by atoms with Crippen LogP contribution in [-0.2, 0) is 11.3 Å². The minimum atomic E-state index is -1.12. The molecular weight excluding hydrogens is 427 g/mol. The maximum Gasteiger partial charge on any atom is 0.407 e.